The number of amides is 1. The lowest BCUT2D eigenvalue weighted by atomic mass is 10.1. The Kier molecular flexibility index (Phi) is 10.1. The Morgan fingerprint density at radius 1 is 1.00 bits per heavy atom. The number of rotatable bonds is 12. The molecule has 2 rings (SSSR count). The van der Waals surface area contributed by atoms with Crippen molar-refractivity contribution >= 4 is 28.0 Å². The SMILES string of the molecule is CCN(CC)S(=O)(=O)c1ccc(/C=C/C(=O)OCC(=O)NCCc2ccc(OC)cc2)cc1. The normalized spacial score (nSPS) is 11.5. The van der Waals surface area contributed by atoms with Crippen molar-refractivity contribution in [2.24, 2.45) is 0 Å². The minimum atomic E-state index is -3.53. The molecule has 0 aromatic heterocycles. The number of sulfonamides is 1. The molecule has 0 heterocycles. The Labute approximate surface area is 195 Å². The van der Waals surface area contributed by atoms with E-state index in [9.17, 15) is 18.0 Å². The molecule has 0 aliphatic rings. The van der Waals surface area contributed by atoms with Crippen LogP contribution in [0.5, 0.6) is 5.75 Å². The molecule has 0 saturated heterocycles. The van der Waals surface area contributed by atoms with Crippen LogP contribution in [0.4, 0.5) is 0 Å². The Bertz CT molecular complexity index is 1040. The van der Waals surface area contributed by atoms with Gasteiger partial charge in [0, 0.05) is 25.7 Å². The Morgan fingerprint density at radius 3 is 2.21 bits per heavy atom. The van der Waals surface area contributed by atoms with Gasteiger partial charge in [-0.15, -0.1) is 0 Å². The summed E-state index contributed by atoms with van der Waals surface area (Å²) >= 11 is 0. The van der Waals surface area contributed by atoms with Crippen molar-refractivity contribution in [3.8, 4) is 5.75 Å². The Morgan fingerprint density at radius 2 is 1.64 bits per heavy atom. The molecule has 1 amide bonds. The van der Waals surface area contributed by atoms with E-state index in [0.717, 1.165) is 11.3 Å². The van der Waals surface area contributed by atoms with Crippen LogP contribution in [0.3, 0.4) is 0 Å². The molecule has 0 spiro atoms. The summed E-state index contributed by atoms with van der Waals surface area (Å²) in [5, 5.41) is 2.70. The standard InChI is InChI=1S/C24H30N2O6S/c1-4-26(5-2)33(29,30)22-13-8-19(9-14-22)10-15-24(28)32-18-23(27)25-17-16-20-6-11-21(31-3)12-7-20/h6-15H,4-5,16-18H2,1-3H3,(H,25,27)/b15-10+. The van der Waals surface area contributed by atoms with Crippen LogP contribution < -0.4 is 10.1 Å². The third-order valence-electron chi connectivity index (χ3n) is 4.88. The summed E-state index contributed by atoms with van der Waals surface area (Å²) in [4.78, 5) is 23.9. The molecule has 0 bridgehead atoms. The van der Waals surface area contributed by atoms with E-state index in [0.29, 0.717) is 31.6 Å². The highest BCUT2D eigenvalue weighted by Gasteiger charge is 2.20. The van der Waals surface area contributed by atoms with Crippen LogP contribution in [0.25, 0.3) is 6.08 Å². The molecule has 2 aromatic carbocycles. The molecule has 0 fully saturated rings. The first-order valence-electron chi connectivity index (χ1n) is 10.6. The lowest BCUT2D eigenvalue weighted by molar-refractivity contribution is -0.143. The van der Waals surface area contributed by atoms with E-state index in [2.05, 4.69) is 5.32 Å². The van der Waals surface area contributed by atoms with Gasteiger partial charge in [-0.3, -0.25) is 4.79 Å². The fourth-order valence-corrected chi connectivity index (χ4v) is 4.46. The monoisotopic (exact) mass is 474 g/mol. The van der Waals surface area contributed by atoms with Gasteiger partial charge in [0.15, 0.2) is 6.61 Å². The number of benzene rings is 2. The highest BCUT2D eigenvalue weighted by molar-refractivity contribution is 7.89. The smallest absolute Gasteiger partial charge is 0.331 e. The van der Waals surface area contributed by atoms with Crippen LogP contribution in [0.2, 0.25) is 0 Å². The summed E-state index contributed by atoms with van der Waals surface area (Å²) < 4.78 is 36.4. The van der Waals surface area contributed by atoms with Crippen LogP contribution in [-0.4, -0.2) is 58.0 Å². The molecule has 0 radical (unpaired) electrons. The third kappa shape index (κ3) is 8.03. The minimum absolute atomic E-state index is 0.192. The van der Waals surface area contributed by atoms with Crippen molar-refractivity contribution in [1.29, 1.82) is 0 Å². The minimum Gasteiger partial charge on any atom is -0.497 e. The summed E-state index contributed by atoms with van der Waals surface area (Å²) in [7, 11) is -1.93. The maximum Gasteiger partial charge on any atom is 0.331 e. The van der Waals surface area contributed by atoms with Crippen molar-refractivity contribution < 1.29 is 27.5 Å². The number of carbonyl (C=O) groups is 2. The fourth-order valence-electron chi connectivity index (χ4n) is 3.00. The molecule has 1 N–H and O–H groups in total. The van der Waals surface area contributed by atoms with Gasteiger partial charge < -0.3 is 14.8 Å². The van der Waals surface area contributed by atoms with Crippen molar-refractivity contribution in [2.45, 2.75) is 25.2 Å². The van der Waals surface area contributed by atoms with Gasteiger partial charge in [-0.25, -0.2) is 13.2 Å². The van der Waals surface area contributed by atoms with Crippen LogP contribution in [0.15, 0.2) is 59.5 Å². The lowest BCUT2D eigenvalue weighted by Gasteiger charge is -2.18. The Balaban J connectivity index is 1.77. The zero-order valence-electron chi connectivity index (χ0n) is 19.1. The number of methoxy groups -OCH3 is 1. The van der Waals surface area contributed by atoms with Gasteiger partial charge in [0.1, 0.15) is 5.75 Å². The predicted molar refractivity (Wildman–Crippen MR) is 126 cm³/mol. The van der Waals surface area contributed by atoms with Gasteiger partial charge in [0.25, 0.3) is 5.91 Å². The first kappa shape index (κ1) is 26.1. The summed E-state index contributed by atoms with van der Waals surface area (Å²) in [5.41, 5.74) is 1.68. The molecule has 2 aromatic rings. The highest BCUT2D eigenvalue weighted by Crippen LogP contribution is 2.17. The summed E-state index contributed by atoms with van der Waals surface area (Å²) in [5.74, 6) is -0.292. The number of carbonyl (C=O) groups excluding carboxylic acids is 2. The van der Waals surface area contributed by atoms with E-state index >= 15 is 0 Å². The summed E-state index contributed by atoms with van der Waals surface area (Å²) in [6.45, 7) is 4.38. The number of ether oxygens (including phenoxy) is 2. The predicted octanol–water partition coefficient (Wildman–Crippen LogP) is 2.64. The molecule has 0 atom stereocenters. The van der Waals surface area contributed by atoms with Crippen LogP contribution in [-0.2, 0) is 30.8 Å². The van der Waals surface area contributed by atoms with Crippen molar-refractivity contribution in [2.75, 3.05) is 33.4 Å². The maximum atomic E-state index is 12.5. The molecule has 178 valence electrons. The van der Waals surface area contributed by atoms with E-state index in [4.69, 9.17) is 9.47 Å². The first-order chi connectivity index (χ1) is 15.8. The van der Waals surface area contributed by atoms with Crippen molar-refractivity contribution in [3.05, 3.63) is 65.7 Å². The largest absolute Gasteiger partial charge is 0.497 e. The van der Waals surface area contributed by atoms with Crippen molar-refractivity contribution in [3.63, 3.8) is 0 Å². The second-order valence-corrected chi connectivity index (χ2v) is 8.99. The van der Waals surface area contributed by atoms with Crippen LogP contribution in [0, 0.1) is 0 Å². The zero-order chi connectivity index (χ0) is 24.3. The average Bonchev–Trinajstić information content (AvgIpc) is 2.82. The second-order valence-electron chi connectivity index (χ2n) is 7.05. The summed E-state index contributed by atoms with van der Waals surface area (Å²) in [6, 6.07) is 13.7. The summed E-state index contributed by atoms with van der Waals surface area (Å²) in [6.07, 6.45) is 3.33. The first-order valence-corrected chi connectivity index (χ1v) is 12.1. The van der Waals surface area contributed by atoms with E-state index < -0.39 is 21.9 Å². The molecular formula is C24H30N2O6S. The van der Waals surface area contributed by atoms with Gasteiger partial charge >= 0.3 is 5.97 Å². The molecule has 0 saturated carbocycles. The van der Waals surface area contributed by atoms with Gasteiger partial charge in [-0.2, -0.15) is 4.31 Å². The molecular weight excluding hydrogens is 444 g/mol. The van der Waals surface area contributed by atoms with Gasteiger partial charge in [-0.05, 0) is 47.9 Å². The van der Waals surface area contributed by atoms with E-state index in [1.54, 1.807) is 33.1 Å². The van der Waals surface area contributed by atoms with Crippen LogP contribution >= 0.6 is 0 Å². The number of hydrogen-bond acceptors (Lipinski definition) is 6. The van der Waals surface area contributed by atoms with Gasteiger partial charge in [-0.1, -0.05) is 38.1 Å². The second kappa shape index (κ2) is 12.8. The molecule has 8 nitrogen and oxygen atoms in total. The molecule has 0 unspecified atom stereocenters. The van der Waals surface area contributed by atoms with Gasteiger partial charge in [0.2, 0.25) is 10.0 Å². The lowest BCUT2D eigenvalue weighted by Crippen LogP contribution is -2.30. The molecule has 33 heavy (non-hydrogen) atoms. The average molecular weight is 475 g/mol. The zero-order valence-corrected chi connectivity index (χ0v) is 19.9. The fraction of sp³-hybridized carbons (Fsp3) is 0.333. The Hall–Kier alpha value is -3.17. The number of esters is 1. The van der Waals surface area contributed by atoms with Crippen molar-refractivity contribution in [1.82, 2.24) is 9.62 Å². The third-order valence-corrected chi connectivity index (χ3v) is 6.94. The molecule has 0 aliphatic carbocycles. The molecule has 9 heteroatoms. The number of hydrogen-bond donors (Lipinski definition) is 1. The number of nitrogens with zero attached hydrogens (tertiary/aromatic N) is 1. The quantitative estimate of drug-likeness (QED) is 0.375. The van der Waals surface area contributed by atoms with Crippen LogP contribution in [0.1, 0.15) is 25.0 Å². The van der Waals surface area contributed by atoms with E-state index in [-0.39, 0.29) is 11.5 Å². The number of nitrogens with one attached hydrogen (secondary N) is 1. The van der Waals surface area contributed by atoms with E-state index in [1.165, 1.54) is 28.6 Å². The van der Waals surface area contributed by atoms with Gasteiger partial charge in [0.05, 0.1) is 12.0 Å². The highest BCUT2D eigenvalue weighted by atomic mass is 32.2. The van der Waals surface area contributed by atoms with E-state index in [1.807, 2.05) is 24.3 Å². The topological polar surface area (TPSA) is 102 Å². The maximum absolute atomic E-state index is 12.5. The molecule has 0 aliphatic heterocycles.